The third kappa shape index (κ3) is 4.36. The van der Waals surface area contributed by atoms with Gasteiger partial charge < -0.3 is 10.1 Å². The summed E-state index contributed by atoms with van der Waals surface area (Å²) in [7, 11) is 0. The largest absolute Gasteiger partial charge is 0.352 e. The van der Waals surface area contributed by atoms with E-state index < -0.39 is 12.7 Å². The van der Waals surface area contributed by atoms with E-state index in [2.05, 4.69) is 10.1 Å². The highest BCUT2D eigenvalue weighted by atomic mass is 32.1. The number of aromatic nitrogens is 1. The number of hydrogen-bond acceptors (Lipinski definition) is 4. The lowest BCUT2D eigenvalue weighted by atomic mass is 9.93. The van der Waals surface area contributed by atoms with Gasteiger partial charge in [-0.3, -0.25) is 14.2 Å². The van der Waals surface area contributed by atoms with Crippen molar-refractivity contribution < 1.29 is 18.3 Å². The molecular weight excluding hydrogens is 314 g/mol. The van der Waals surface area contributed by atoms with E-state index in [-0.39, 0.29) is 23.4 Å². The van der Waals surface area contributed by atoms with Crippen LogP contribution in [0.15, 0.2) is 4.79 Å². The van der Waals surface area contributed by atoms with Gasteiger partial charge in [0.2, 0.25) is 5.91 Å². The number of amides is 1. The summed E-state index contributed by atoms with van der Waals surface area (Å²) < 4.78 is 30.2. The fourth-order valence-electron chi connectivity index (χ4n) is 2.68. The highest BCUT2D eigenvalue weighted by Crippen LogP contribution is 2.23. The molecule has 1 aliphatic rings. The van der Waals surface area contributed by atoms with Gasteiger partial charge in [-0.05, 0) is 39.5 Å². The summed E-state index contributed by atoms with van der Waals surface area (Å²) in [5, 5.41) is 2.87. The molecule has 0 bridgehead atoms. The SMILES string of the molecule is Cc1sc(=O)n(CC(=O)NC2CCC(OC(F)F)CC2)c1C. The Kier molecular flexibility index (Phi) is 5.69. The zero-order valence-electron chi connectivity index (χ0n) is 12.6. The Morgan fingerprint density at radius 3 is 2.50 bits per heavy atom. The number of hydrogen-bond donors (Lipinski definition) is 1. The molecule has 5 nitrogen and oxygen atoms in total. The summed E-state index contributed by atoms with van der Waals surface area (Å²) in [6.45, 7) is 0.920. The Hall–Kier alpha value is -1.28. The number of thiazole rings is 1. The number of carbonyl (C=O) groups excluding carboxylic acids is 1. The number of carbonyl (C=O) groups is 1. The number of halogens is 2. The fourth-order valence-corrected chi connectivity index (χ4v) is 3.51. The van der Waals surface area contributed by atoms with Crippen LogP contribution >= 0.6 is 11.3 Å². The lowest BCUT2D eigenvalue weighted by molar-refractivity contribution is -0.170. The van der Waals surface area contributed by atoms with E-state index >= 15 is 0 Å². The van der Waals surface area contributed by atoms with Crippen LogP contribution in [0.25, 0.3) is 0 Å². The first-order valence-electron chi connectivity index (χ1n) is 7.26. The molecule has 22 heavy (non-hydrogen) atoms. The van der Waals surface area contributed by atoms with Crippen molar-refractivity contribution in [1.29, 1.82) is 0 Å². The second-order valence-electron chi connectivity index (χ2n) is 5.53. The van der Waals surface area contributed by atoms with Crippen molar-refractivity contribution in [2.24, 2.45) is 0 Å². The standard InChI is InChI=1S/C14H20F2N2O3S/c1-8-9(2)22-14(20)18(8)7-12(19)17-10-3-5-11(6-4-10)21-13(15)16/h10-11,13H,3-7H2,1-2H3,(H,17,19). The van der Waals surface area contributed by atoms with E-state index in [4.69, 9.17) is 0 Å². The Morgan fingerprint density at radius 2 is 2.00 bits per heavy atom. The molecule has 1 fully saturated rings. The molecule has 0 atom stereocenters. The van der Waals surface area contributed by atoms with E-state index in [0.29, 0.717) is 25.7 Å². The van der Waals surface area contributed by atoms with Gasteiger partial charge in [0.15, 0.2) is 0 Å². The number of ether oxygens (including phenoxy) is 1. The minimum atomic E-state index is -2.74. The Labute approximate surface area is 131 Å². The molecule has 0 radical (unpaired) electrons. The van der Waals surface area contributed by atoms with Crippen LogP contribution in [0.2, 0.25) is 0 Å². The number of nitrogens with zero attached hydrogens (tertiary/aromatic N) is 1. The number of aryl methyl sites for hydroxylation is 1. The molecule has 8 heteroatoms. The first-order chi connectivity index (χ1) is 10.4. The predicted octanol–water partition coefficient (Wildman–Crippen LogP) is 2.19. The molecule has 0 saturated heterocycles. The monoisotopic (exact) mass is 334 g/mol. The number of rotatable bonds is 5. The van der Waals surface area contributed by atoms with Gasteiger partial charge in [0.25, 0.3) is 0 Å². The van der Waals surface area contributed by atoms with Gasteiger partial charge in [0, 0.05) is 16.6 Å². The van der Waals surface area contributed by atoms with Crippen LogP contribution in [0.4, 0.5) is 8.78 Å². The smallest absolute Gasteiger partial charge is 0.345 e. The molecule has 1 aliphatic carbocycles. The molecule has 1 saturated carbocycles. The second-order valence-corrected chi connectivity index (χ2v) is 6.70. The van der Waals surface area contributed by atoms with Crippen LogP contribution < -0.4 is 10.2 Å². The summed E-state index contributed by atoms with van der Waals surface area (Å²) in [5.41, 5.74) is 0.805. The van der Waals surface area contributed by atoms with Crippen LogP contribution in [-0.4, -0.2) is 29.2 Å². The van der Waals surface area contributed by atoms with Crippen molar-refractivity contribution in [3.8, 4) is 0 Å². The summed E-state index contributed by atoms with van der Waals surface area (Å²) in [6, 6.07) is -0.0410. The summed E-state index contributed by atoms with van der Waals surface area (Å²) in [6.07, 6.45) is 1.80. The van der Waals surface area contributed by atoms with Crippen LogP contribution in [-0.2, 0) is 16.1 Å². The summed E-state index contributed by atoms with van der Waals surface area (Å²) in [5.74, 6) is -0.221. The highest BCUT2D eigenvalue weighted by molar-refractivity contribution is 7.09. The van der Waals surface area contributed by atoms with Crippen molar-refractivity contribution in [3.63, 3.8) is 0 Å². The first kappa shape index (κ1) is 17.1. The maximum absolute atomic E-state index is 12.1. The van der Waals surface area contributed by atoms with Crippen molar-refractivity contribution >= 4 is 17.2 Å². The van der Waals surface area contributed by atoms with Crippen molar-refractivity contribution in [2.45, 2.75) is 64.8 Å². The number of alkyl halides is 2. The van der Waals surface area contributed by atoms with Crippen molar-refractivity contribution in [3.05, 3.63) is 20.2 Å². The Morgan fingerprint density at radius 1 is 1.36 bits per heavy atom. The van der Waals surface area contributed by atoms with E-state index in [0.717, 1.165) is 21.9 Å². The molecule has 2 rings (SSSR count). The maximum atomic E-state index is 12.1. The van der Waals surface area contributed by atoms with Gasteiger partial charge in [-0.25, -0.2) is 0 Å². The zero-order valence-corrected chi connectivity index (χ0v) is 13.4. The van der Waals surface area contributed by atoms with Crippen LogP contribution in [0.1, 0.15) is 36.3 Å². The molecule has 1 N–H and O–H groups in total. The molecule has 0 spiro atoms. The molecule has 0 aliphatic heterocycles. The van der Waals surface area contributed by atoms with Crippen LogP contribution in [0, 0.1) is 13.8 Å². The Bertz CT molecular complexity index is 577. The molecule has 1 heterocycles. The lowest BCUT2D eigenvalue weighted by Gasteiger charge is -2.28. The van der Waals surface area contributed by atoms with Gasteiger partial charge >= 0.3 is 11.5 Å². The van der Waals surface area contributed by atoms with Gasteiger partial charge in [0.1, 0.15) is 6.54 Å². The van der Waals surface area contributed by atoms with Crippen molar-refractivity contribution in [2.75, 3.05) is 0 Å². The summed E-state index contributed by atoms with van der Waals surface area (Å²) in [4.78, 5) is 24.5. The molecule has 124 valence electrons. The van der Waals surface area contributed by atoms with Gasteiger partial charge in [-0.2, -0.15) is 8.78 Å². The quantitative estimate of drug-likeness (QED) is 0.898. The second kappa shape index (κ2) is 7.32. The molecule has 1 amide bonds. The molecular formula is C14H20F2N2O3S. The molecule has 0 unspecified atom stereocenters. The zero-order chi connectivity index (χ0) is 16.3. The topological polar surface area (TPSA) is 60.3 Å². The minimum absolute atomic E-state index is 0.00245. The number of nitrogens with one attached hydrogen (secondary N) is 1. The van der Waals surface area contributed by atoms with E-state index in [1.54, 1.807) is 0 Å². The average Bonchev–Trinajstić information content (AvgIpc) is 2.67. The fraction of sp³-hybridized carbons (Fsp3) is 0.714. The van der Waals surface area contributed by atoms with Gasteiger partial charge in [-0.1, -0.05) is 11.3 Å². The normalized spacial score (nSPS) is 22.0. The maximum Gasteiger partial charge on any atom is 0.345 e. The lowest BCUT2D eigenvalue weighted by Crippen LogP contribution is -2.41. The molecule has 0 aromatic carbocycles. The molecule has 1 aromatic rings. The first-order valence-corrected chi connectivity index (χ1v) is 8.08. The third-order valence-electron chi connectivity index (χ3n) is 4.01. The minimum Gasteiger partial charge on any atom is -0.352 e. The summed E-state index contributed by atoms with van der Waals surface area (Å²) >= 11 is 1.13. The van der Waals surface area contributed by atoms with Gasteiger partial charge in [0.05, 0.1) is 6.10 Å². The Balaban J connectivity index is 1.82. The molecule has 1 aromatic heterocycles. The van der Waals surface area contributed by atoms with Crippen molar-refractivity contribution in [1.82, 2.24) is 9.88 Å². The average molecular weight is 334 g/mol. The van der Waals surface area contributed by atoms with Crippen LogP contribution in [0.3, 0.4) is 0 Å². The van der Waals surface area contributed by atoms with E-state index in [1.807, 2.05) is 13.8 Å². The van der Waals surface area contributed by atoms with Gasteiger partial charge in [-0.15, -0.1) is 0 Å². The predicted molar refractivity (Wildman–Crippen MR) is 79.3 cm³/mol. The highest BCUT2D eigenvalue weighted by Gasteiger charge is 2.25. The van der Waals surface area contributed by atoms with E-state index in [9.17, 15) is 18.4 Å². The third-order valence-corrected chi connectivity index (χ3v) is 5.01. The van der Waals surface area contributed by atoms with E-state index in [1.165, 1.54) is 4.57 Å². The van der Waals surface area contributed by atoms with Crippen LogP contribution in [0.5, 0.6) is 0 Å².